The van der Waals surface area contributed by atoms with Gasteiger partial charge in [0.05, 0.1) is 9.81 Å². The van der Waals surface area contributed by atoms with Gasteiger partial charge < -0.3 is 10.6 Å². The van der Waals surface area contributed by atoms with Gasteiger partial charge in [-0.05, 0) is 51.0 Å². The summed E-state index contributed by atoms with van der Waals surface area (Å²) in [6.45, 7) is 7.96. The van der Waals surface area contributed by atoms with Gasteiger partial charge in [-0.15, -0.1) is 0 Å². The highest BCUT2D eigenvalue weighted by atomic mass is 32.2. The Morgan fingerprint density at radius 3 is 1.43 bits per heavy atom. The van der Waals surface area contributed by atoms with E-state index in [1.807, 2.05) is 64.1 Å². The van der Waals surface area contributed by atoms with Crippen molar-refractivity contribution in [2.45, 2.75) is 40.5 Å². The average molecular weight is 613 g/mol. The maximum absolute atomic E-state index is 13.2. The number of thiocarbonyl (C=S) groups is 2. The Bertz CT molecular complexity index is 1380. The molecule has 0 aliphatic carbocycles. The monoisotopic (exact) mass is 612 g/mol. The molecule has 12 heteroatoms. The number of amides is 4. The minimum atomic E-state index is -0.428. The topological polar surface area (TPSA) is 98.8 Å². The van der Waals surface area contributed by atoms with E-state index in [0.29, 0.717) is 11.4 Å². The normalized spacial score (nSPS) is 17.2. The largest absolute Gasteiger partial charge is 0.326 e. The third-order valence-corrected chi connectivity index (χ3v) is 9.37. The lowest BCUT2D eigenvalue weighted by molar-refractivity contribution is -0.125. The SMILES string of the molecule is Cc1ccc(NC(=O)CCN2C(=O)/C(=C3\SC(=S)N(CCC(=O)Nc4ccc(C)cc4C)C3=O)SC2=S)c(C)c1. The molecule has 2 saturated heterocycles. The molecule has 0 unspecified atom stereocenters. The molecular weight excluding hydrogens is 585 g/mol. The van der Waals surface area contributed by atoms with E-state index in [4.69, 9.17) is 24.4 Å². The molecule has 2 aromatic rings. The predicted octanol–water partition coefficient (Wildman–Crippen LogP) is 5.21. The molecule has 0 saturated carbocycles. The fraction of sp³-hybridized carbons (Fsp3) is 0.286. The van der Waals surface area contributed by atoms with Crippen molar-refractivity contribution in [3.8, 4) is 0 Å². The molecule has 2 aromatic carbocycles. The van der Waals surface area contributed by atoms with E-state index in [9.17, 15) is 19.2 Å². The number of anilines is 2. The smallest absolute Gasteiger partial charge is 0.267 e. The summed E-state index contributed by atoms with van der Waals surface area (Å²) in [5.74, 6) is -1.34. The van der Waals surface area contributed by atoms with Crippen LogP contribution in [0, 0.1) is 27.7 Å². The number of nitrogens with one attached hydrogen (secondary N) is 2. The molecule has 0 bridgehead atoms. The minimum absolute atomic E-state index is 0.0452. The predicted molar refractivity (Wildman–Crippen MR) is 169 cm³/mol. The van der Waals surface area contributed by atoms with E-state index in [-0.39, 0.29) is 56.2 Å². The third kappa shape index (κ3) is 6.80. The first-order valence-corrected chi connectivity index (χ1v) is 15.0. The standard InChI is InChI=1S/C28H28N4O4S4/c1-15-5-7-19(17(3)13-15)29-21(33)9-11-31-25(35)23(39-27(31)37)24-26(36)32(28(38)40-24)12-10-22(34)30-20-8-6-16(2)14-18(20)4/h5-8,13-14H,9-12H2,1-4H3,(H,29,33)(H,30,34)/b24-23+. The molecule has 40 heavy (non-hydrogen) atoms. The molecule has 4 amide bonds. The second-order valence-corrected chi connectivity index (χ2v) is 12.8. The number of benzene rings is 2. The summed E-state index contributed by atoms with van der Waals surface area (Å²) in [7, 11) is 0. The average Bonchev–Trinajstić information content (AvgIpc) is 3.33. The van der Waals surface area contributed by atoms with Gasteiger partial charge in [-0.25, -0.2) is 0 Å². The van der Waals surface area contributed by atoms with Crippen molar-refractivity contribution in [3.05, 3.63) is 68.5 Å². The fourth-order valence-electron chi connectivity index (χ4n) is 4.22. The van der Waals surface area contributed by atoms with Crippen molar-refractivity contribution < 1.29 is 19.2 Å². The van der Waals surface area contributed by atoms with Crippen LogP contribution in [-0.2, 0) is 19.2 Å². The number of thioether (sulfide) groups is 2. The molecular formula is C28H28N4O4S4. The Kier molecular flexibility index (Phi) is 9.44. The van der Waals surface area contributed by atoms with Gasteiger partial charge in [-0.2, -0.15) is 0 Å². The van der Waals surface area contributed by atoms with Gasteiger partial charge in [0.1, 0.15) is 8.64 Å². The summed E-state index contributed by atoms with van der Waals surface area (Å²) in [4.78, 5) is 54.5. The number of aryl methyl sites for hydroxylation is 4. The van der Waals surface area contributed by atoms with Crippen molar-refractivity contribution >= 4 is 91.6 Å². The number of carbonyl (C=O) groups excluding carboxylic acids is 4. The maximum atomic E-state index is 13.2. The van der Waals surface area contributed by atoms with Crippen LogP contribution in [0.4, 0.5) is 11.4 Å². The van der Waals surface area contributed by atoms with E-state index >= 15 is 0 Å². The second kappa shape index (κ2) is 12.6. The lowest BCUT2D eigenvalue weighted by Crippen LogP contribution is -2.33. The van der Waals surface area contributed by atoms with Gasteiger partial charge in [0.25, 0.3) is 11.8 Å². The number of nitrogens with zero attached hydrogens (tertiary/aromatic N) is 2. The Hall–Kier alpha value is -3.06. The van der Waals surface area contributed by atoms with Crippen LogP contribution in [0.25, 0.3) is 0 Å². The van der Waals surface area contributed by atoms with Crippen molar-refractivity contribution in [3.63, 3.8) is 0 Å². The van der Waals surface area contributed by atoms with Crippen LogP contribution in [0.3, 0.4) is 0 Å². The van der Waals surface area contributed by atoms with Crippen LogP contribution in [-0.4, -0.2) is 55.2 Å². The fourth-order valence-corrected chi connectivity index (χ4v) is 6.99. The highest BCUT2D eigenvalue weighted by Crippen LogP contribution is 2.42. The molecule has 2 heterocycles. The molecule has 208 valence electrons. The van der Waals surface area contributed by atoms with E-state index in [2.05, 4.69) is 10.6 Å². The second-order valence-electron chi connectivity index (χ2n) is 9.54. The summed E-state index contributed by atoms with van der Waals surface area (Å²) in [5.41, 5.74) is 5.52. The molecule has 8 nitrogen and oxygen atoms in total. The highest BCUT2D eigenvalue weighted by molar-refractivity contribution is 8.29. The van der Waals surface area contributed by atoms with Gasteiger partial charge in [-0.1, -0.05) is 83.4 Å². The summed E-state index contributed by atoms with van der Waals surface area (Å²) >= 11 is 12.8. The van der Waals surface area contributed by atoms with Gasteiger partial charge in [0.2, 0.25) is 11.8 Å². The summed E-state index contributed by atoms with van der Waals surface area (Å²) < 4.78 is 0.551. The van der Waals surface area contributed by atoms with Gasteiger partial charge in [0.15, 0.2) is 0 Å². The molecule has 2 fully saturated rings. The number of hydrogen-bond donors (Lipinski definition) is 2. The quantitative estimate of drug-likeness (QED) is 0.310. The Morgan fingerprint density at radius 2 is 1.07 bits per heavy atom. The molecule has 0 atom stereocenters. The van der Waals surface area contributed by atoms with Gasteiger partial charge in [0, 0.05) is 37.3 Å². The molecule has 2 aliphatic heterocycles. The first-order chi connectivity index (χ1) is 18.9. The van der Waals surface area contributed by atoms with E-state index in [1.165, 1.54) is 9.80 Å². The number of carbonyl (C=O) groups is 4. The van der Waals surface area contributed by atoms with Gasteiger partial charge in [-0.3, -0.25) is 29.0 Å². The van der Waals surface area contributed by atoms with Gasteiger partial charge >= 0.3 is 0 Å². The van der Waals surface area contributed by atoms with E-state index in [1.54, 1.807) is 0 Å². The van der Waals surface area contributed by atoms with Crippen LogP contribution >= 0.6 is 48.0 Å². The van der Waals surface area contributed by atoms with E-state index < -0.39 is 11.8 Å². The first-order valence-electron chi connectivity index (χ1n) is 12.5. The first kappa shape index (κ1) is 29.9. The number of hydrogen-bond acceptors (Lipinski definition) is 8. The van der Waals surface area contributed by atoms with E-state index in [0.717, 1.165) is 45.8 Å². The van der Waals surface area contributed by atoms with Crippen LogP contribution in [0.1, 0.15) is 35.1 Å². The van der Waals surface area contributed by atoms with Crippen LogP contribution < -0.4 is 10.6 Å². The minimum Gasteiger partial charge on any atom is -0.326 e. The summed E-state index contributed by atoms with van der Waals surface area (Å²) in [6, 6.07) is 11.5. The molecule has 4 rings (SSSR count). The lowest BCUT2D eigenvalue weighted by atomic mass is 10.1. The zero-order valence-electron chi connectivity index (χ0n) is 22.5. The molecule has 0 spiro atoms. The van der Waals surface area contributed by atoms with Crippen molar-refractivity contribution in [2.24, 2.45) is 0 Å². The maximum Gasteiger partial charge on any atom is 0.267 e. The summed E-state index contributed by atoms with van der Waals surface area (Å²) in [6.07, 6.45) is 0.0904. The molecule has 2 aliphatic rings. The molecule has 0 aromatic heterocycles. The van der Waals surface area contributed by atoms with Crippen molar-refractivity contribution in [1.29, 1.82) is 0 Å². The van der Waals surface area contributed by atoms with Crippen LogP contribution in [0.15, 0.2) is 46.2 Å². The molecule has 0 radical (unpaired) electrons. The zero-order chi connectivity index (χ0) is 29.1. The van der Waals surface area contributed by atoms with Crippen LogP contribution in [0.5, 0.6) is 0 Å². The third-order valence-electron chi connectivity index (χ3n) is 6.34. The molecule has 2 N–H and O–H groups in total. The Balaban J connectivity index is 1.35. The summed E-state index contributed by atoms with van der Waals surface area (Å²) in [5, 5.41) is 5.73. The van der Waals surface area contributed by atoms with Crippen molar-refractivity contribution in [2.75, 3.05) is 23.7 Å². The van der Waals surface area contributed by atoms with Crippen molar-refractivity contribution in [1.82, 2.24) is 9.80 Å². The Morgan fingerprint density at radius 1 is 0.700 bits per heavy atom. The van der Waals surface area contributed by atoms with Crippen LogP contribution in [0.2, 0.25) is 0 Å². The Labute approximate surface area is 252 Å². The number of rotatable bonds is 8. The zero-order valence-corrected chi connectivity index (χ0v) is 25.7. The highest BCUT2D eigenvalue weighted by Gasteiger charge is 2.42. The lowest BCUT2D eigenvalue weighted by Gasteiger charge is -2.15.